The van der Waals surface area contributed by atoms with Crippen molar-refractivity contribution in [3.8, 4) is 0 Å². The molecule has 0 bridgehead atoms. The van der Waals surface area contributed by atoms with Gasteiger partial charge in [-0.05, 0) is 37.6 Å². The molecule has 2 heteroatoms. The van der Waals surface area contributed by atoms with Crippen LogP contribution in [0.1, 0.15) is 33.1 Å². The summed E-state index contributed by atoms with van der Waals surface area (Å²) in [6.07, 6.45) is 3.28. The summed E-state index contributed by atoms with van der Waals surface area (Å²) in [6, 6.07) is 0. The minimum absolute atomic E-state index is 0.0854. The van der Waals surface area contributed by atoms with Gasteiger partial charge in [0.1, 0.15) is 0 Å². The lowest BCUT2D eigenvalue weighted by molar-refractivity contribution is 0.0730. The van der Waals surface area contributed by atoms with Crippen LogP contribution in [0.4, 0.5) is 0 Å². The molecule has 0 radical (unpaired) electrons. The first-order valence-corrected chi connectivity index (χ1v) is 5.09. The molecule has 2 atom stereocenters. The molecule has 1 fully saturated rings. The van der Waals surface area contributed by atoms with Gasteiger partial charge in [-0.3, -0.25) is 0 Å². The Bertz CT molecular complexity index is 119. The topological polar surface area (TPSA) is 32.3 Å². The molecule has 0 aromatic carbocycles. The number of rotatable bonds is 3. The molecule has 2 nitrogen and oxygen atoms in total. The molecule has 1 heterocycles. The first-order valence-electron chi connectivity index (χ1n) is 5.09. The second-order valence-corrected chi connectivity index (χ2v) is 4.30. The Morgan fingerprint density at radius 2 is 2.25 bits per heavy atom. The fourth-order valence-corrected chi connectivity index (χ4v) is 1.88. The SMILES string of the molecule is CC(C)CC(O)C1CCCNC1. The molecule has 12 heavy (non-hydrogen) atoms. The van der Waals surface area contributed by atoms with Crippen molar-refractivity contribution >= 4 is 0 Å². The zero-order chi connectivity index (χ0) is 8.97. The van der Waals surface area contributed by atoms with E-state index in [1.165, 1.54) is 12.8 Å². The van der Waals surface area contributed by atoms with Gasteiger partial charge in [-0.15, -0.1) is 0 Å². The third-order valence-corrected chi connectivity index (χ3v) is 2.59. The molecule has 0 aromatic heterocycles. The van der Waals surface area contributed by atoms with E-state index in [0.717, 1.165) is 19.5 Å². The highest BCUT2D eigenvalue weighted by Gasteiger charge is 2.21. The van der Waals surface area contributed by atoms with Crippen LogP contribution in [0.25, 0.3) is 0 Å². The maximum Gasteiger partial charge on any atom is 0.0583 e. The van der Waals surface area contributed by atoms with Crippen LogP contribution in [0, 0.1) is 11.8 Å². The highest BCUT2D eigenvalue weighted by molar-refractivity contribution is 4.76. The summed E-state index contributed by atoms with van der Waals surface area (Å²) in [5, 5.41) is 13.1. The Hall–Kier alpha value is -0.0800. The van der Waals surface area contributed by atoms with E-state index in [9.17, 15) is 5.11 Å². The summed E-state index contributed by atoms with van der Waals surface area (Å²) < 4.78 is 0. The van der Waals surface area contributed by atoms with Crippen molar-refractivity contribution in [1.82, 2.24) is 5.32 Å². The van der Waals surface area contributed by atoms with Crippen LogP contribution in [0.3, 0.4) is 0 Å². The molecule has 0 aromatic rings. The summed E-state index contributed by atoms with van der Waals surface area (Å²) >= 11 is 0. The lowest BCUT2D eigenvalue weighted by Crippen LogP contribution is -2.37. The average molecular weight is 171 g/mol. The van der Waals surface area contributed by atoms with Crippen molar-refractivity contribution in [1.29, 1.82) is 0 Å². The Labute approximate surface area is 75.4 Å². The lowest BCUT2D eigenvalue weighted by Gasteiger charge is -2.28. The van der Waals surface area contributed by atoms with Crippen LogP contribution in [0.15, 0.2) is 0 Å². The maximum absolute atomic E-state index is 9.80. The van der Waals surface area contributed by atoms with Crippen molar-refractivity contribution in [2.24, 2.45) is 11.8 Å². The second-order valence-electron chi connectivity index (χ2n) is 4.30. The highest BCUT2D eigenvalue weighted by Crippen LogP contribution is 2.19. The van der Waals surface area contributed by atoms with Crippen molar-refractivity contribution < 1.29 is 5.11 Å². The van der Waals surface area contributed by atoms with E-state index < -0.39 is 0 Å². The summed E-state index contributed by atoms with van der Waals surface area (Å²) in [6.45, 7) is 6.47. The smallest absolute Gasteiger partial charge is 0.0583 e. The zero-order valence-electron chi connectivity index (χ0n) is 8.21. The normalized spacial score (nSPS) is 27.5. The highest BCUT2D eigenvalue weighted by atomic mass is 16.3. The van der Waals surface area contributed by atoms with Gasteiger partial charge in [-0.2, -0.15) is 0 Å². The predicted octanol–water partition coefficient (Wildman–Crippen LogP) is 1.39. The molecule has 0 aliphatic carbocycles. The summed E-state index contributed by atoms with van der Waals surface area (Å²) in [7, 11) is 0. The van der Waals surface area contributed by atoms with E-state index in [-0.39, 0.29) is 6.10 Å². The minimum Gasteiger partial charge on any atom is -0.393 e. The molecular formula is C10H21NO. The standard InChI is InChI=1S/C10H21NO/c1-8(2)6-10(12)9-4-3-5-11-7-9/h8-12H,3-7H2,1-2H3. The van der Waals surface area contributed by atoms with Gasteiger partial charge < -0.3 is 10.4 Å². The molecule has 1 saturated heterocycles. The van der Waals surface area contributed by atoms with E-state index >= 15 is 0 Å². The van der Waals surface area contributed by atoms with Gasteiger partial charge in [0.05, 0.1) is 6.10 Å². The fourth-order valence-electron chi connectivity index (χ4n) is 1.88. The zero-order valence-corrected chi connectivity index (χ0v) is 8.21. The van der Waals surface area contributed by atoms with Crippen molar-refractivity contribution in [2.45, 2.75) is 39.2 Å². The number of piperidine rings is 1. The molecule has 2 N–H and O–H groups in total. The molecule has 1 aliphatic heterocycles. The van der Waals surface area contributed by atoms with Crippen LogP contribution < -0.4 is 5.32 Å². The van der Waals surface area contributed by atoms with Crippen LogP contribution in [-0.4, -0.2) is 24.3 Å². The largest absolute Gasteiger partial charge is 0.393 e. The van der Waals surface area contributed by atoms with Gasteiger partial charge >= 0.3 is 0 Å². The predicted molar refractivity (Wildman–Crippen MR) is 51.1 cm³/mol. The quantitative estimate of drug-likeness (QED) is 0.672. The van der Waals surface area contributed by atoms with E-state index in [1.54, 1.807) is 0 Å². The number of nitrogens with one attached hydrogen (secondary N) is 1. The number of hydrogen-bond donors (Lipinski definition) is 2. The van der Waals surface area contributed by atoms with Gasteiger partial charge in [0.25, 0.3) is 0 Å². The lowest BCUT2D eigenvalue weighted by atomic mass is 9.89. The first-order chi connectivity index (χ1) is 5.70. The summed E-state index contributed by atoms with van der Waals surface area (Å²) in [5.41, 5.74) is 0. The van der Waals surface area contributed by atoms with Gasteiger partial charge in [-0.1, -0.05) is 13.8 Å². The van der Waals surface area contributed by atoms with E-state index in [2.05, 4.69) is 19.2 Å². The Kier molecular flexibility index (Phi) is 4.02. The minimum atomic E-state index is -0.0854. The molecule has 1 rings (SSSR count). The first kappa shape index (κ1) is 10.0. The molecule has 1 aliphatic rings. The molecule has 72 valence electrons. The van der Waals surface area contributed by atoms with Crippen molar-refractivity contribution in [3.05, 3.63) is 0 Å². The Morgan fingerprint density at radius 1 is 1.50 bits per heavy atom. The van der Waals surface area contributed by atoms with Gasteiger partial charge in [0.15, 0.2) is 0 Å². The van der Waals surface area contributed by atoms with E-state index in [4.69, 9.17) is 0 Å². The van der Waals surface area contributed by atoms with E-state index in [1.807, 2.05) is 0 Å². The van der Waals surface area contributed by atoms with Crippen LogP contribution in [0.2, 0.25) is 0 Å². The van der Waals surface area contributed by atoms with Gasteiger partial charge in [0, 0.05) is 6.54 Å². The van der Waals surface area contributed by atoms with Crippen LogP contribution in [-0.2, 0) is 0 Å². The maximum atomic E-state index is 9.80. The number of aliphatic hydroxyl groups excluding tert-OH is 1. The third kappa shape index (κ3) is 3.11. The second kappa shape index (κ2) is 4.83. The van der Waals surface area contributed by atoms with Gasteiger partial charge in [-0.25, -0.2) is 0 Å². The molecule has 0 saturated carbocycles. The molecule has 0 spiro atoms. The van der Waals surface area contributed by atoms with Crippen LogP contribution >= 0.6 is 0 Å². The van der Waals surface area contributed by atoms with Crippen LogP contribution in [0.5, 0.6) is 0 Å². The van der Waals surface area contributed by atoms with E-state index in [0.29, 0.717) is 11.8 Å². The number of hydrogen-bond acceptors (Lipinski definition) is 2. The molecule has 0 amide bonds. The molecule has 2 unspecified atom stereocenters. The Morgan fingerprint density at radius 3 is 2.75 bits per heavy atom. The number of aliphatic hydroxyl groups is 1. The summed E-state index contributed by atoms with van der Waals surface area (Å²) in [5.74, 6) is 1.11. The third-order valence-electron chi connectivity index (χ3n) is 2.59. The summed E-state index contributed by atoms with van der Waals surface area (Å²) in [4.78, 5) is 0. The fraction of sp³-hybridized carbons (Fsp3) is 1.00. The van der Waals surface area contributed by atoms with Crippen molar-refractivity contribution in [3.63, 3.8) is 0 Å². The monoisotopic (exact) mass is 171 g/mol. The Balaban J connectivity index is 2.24. The van der Waals surface area contributed by atoms with Crippen molar-refractivity contribution in [2.75, 3.05) is 13.1 Å². The average Bonchev–Trinajstić information content (AvgIpc) is 2.05. The van der Waals surface area contributed by atoms with Gasteiger partial charge in [0.2, 0.25) is 0 Å². The molecular weight excluding hydrogens is 150 g/mol.